The smallest absolute Gasteiger partial charge is 0.335 e. The second-order valence-electron chi connectivity index (χ2n) is 6.70. The Hall–Kier alpha value is -3.59. The van der Waals surface area contributed by atoms with Crippen LogP contribution in [0.1, 0.15) is 15.9 Å². The summed E-state index contributed by atoms with van der Waals surface area (Å²) in [7, 11) is 0. The van der Waals surface area contributed by atoms with Crippen LogP contribution in [0.2, 0.25) is 0 Å². The van der Waals surface area contributed by atoms with Crippen LogP contribution in [0.25, 0.3) is 26.8 Å². The minimum atomic E-state index is -1.02. The van der Waals surface area contributed by atoms with Gasteiger partial charge in [0.05, 0.1) is 22.7 Å². The second kappa shape index (κ2) is 7.03. The summed E-state index contributed by atoms with van der Waals surface area (Å²) in [6.07, 6.45) is 2.00. The summed E-state index contributed by atoms with van der Waals surface area (Å²) in [5.74, 6) is -1.39. The molecule has 30 heavy (non-hydrogen) atoms. The van der Waals surface area contributed by atoms with Crippen molar-refractivity contribution in [1.29, 1.82) is 0 Å². The SMILES string of the molecule is O=C(O)c1ccc2c(c1)-c1sc(-c3nncn3-c3ccc(F)cc3F)cc1CCO2. The van der Waals surface area contributed by atoms with E-state index in [1.807, 2.05) is 6.07 Å². The number of carboxylic acid groups (broad SMARTS) is 1. The molecule has 4 aromatic rings. The molecule has 9 heteroatoms. The van der Waals surface area contributed by atoms with E-state index >= 15 is 0 Å². The van der Waals surface area contributed by atoms with Gasteiger partial charge in [-0.1, -0.05) is 0 Å². The highest BCUT2D eigenvalue weighted by Gasteiger charge is 2.23. The minimum absolute atomic E-state index is 0.136. The number of aromatic nitrogens is 3. The number of aromatic carboxylic acids is 1. The number of carboxylic acids is 1. The molecule has 2 aromatic heterocycles. The van der Waals surface area contributed by atoms with Gasteiger partial charge in [0.15, 0.2) is 5.82 Å². The molecule has 3 heterocycles. The molecule has 5 rings (SSSR count). The van der Waals surface area contributed by atoms with Crippen LogP contribution in [0.3, 0.4) is 0 Å². The van der Waals surface area contributed by atoms with Gasteiger partial charge in [-0.3, -0.25) is 4.57 Å². The molecule has 1 aliphatic rings. The number of hydrogen-bond acceptors (Lipinski definition) is 5. The maximum Gasteiger partial charge on any atom is 0.335 e. The van der Waals surface area contributed by atoms with Crippen molar-refractivity contribution in [3.63, 3.8) is 0 Å². The summed E-state index contributed by atoms with van der Waals surface area (Å²) < 4.78 is 34.9. The van der Waals surface area contributed by atoms with E-state index < -0.39 is 17.6 Å². The second-order valence-corrected chi connectivity index (χ2v) is 7.75. The van der Waals surface area contributed by atoms with Crippen molar-refractivity contribution >= 4 is 17.3 Å². The maximum absolute atomic E-state index is 14.3. The lowest BCUT2D eigenvalue weighted by Crippen LogP contribution is -2.00. The van der Waals surface area contributed by atoms with Gasteiger partial charge in [-0.2, -0.15) is 0 Å². The Balaban J connectivity index is 1.64. The van der Waals surface area contributed by atoms with Gasteiger partial charge in [-0.05, 0) is 42.0 Å². The Morgan fingerprint density at radius 1 is 1.17 bits per heavy atom. The molecule has 150 valence electrons. The zero-order valence-electron chi connectivity index (χ0n) is 15.3. The summed E-state index contributed by atoms with van der Waals surface area (Å²) in [4.78, 5) is 13.0. The third-order valence-corrected chi connectivity index (χ3v) is 6.05. The van der Waals surface area contributed by atoms with E-state index in [-0.39, 0.29) is 11.3 Å². The van der Waals surface area contributed by atoms with Gasteiger partial charge in [0.2, 0.25) is 0 Å². The van der Waals surface area contributed by atoms with E-state index in [1.165, 1.54) is 40.4 Å². The van der Waals surface area contributed by atoms with Gasteiger partial charge < -0.3 is 9.84 Å². The number of rotatable bonds is 3. The van der Waals surface area contributed by atoms with E-state index in [4.69, 9.17) is 4.74 Å². The van der Waals surface area contributed by atoms with Crippen LogP contribution in [0.5, 0.6) is 5.75 Å². The molecule has 0 unspecified atom stereocenters. The fraction of sp³-hybridized carbons (Fsp3) is 0.0952. The van der Waals surface area contributed by atoms with Crippen molar-refractivity contribution in [2.24, 2.45) is 0 Å². The molecule has 0 spiro atoms. The van der Waals surface area contributed by atoms with Crippen LogP contribution in [0.15, 0.2) is 48.8 Å². The minimum Gasteiger partial charge on any atom is -0.493 e. The largest absolute Gasteiger partial charge is 0.493 e. The number of thiophene rings is 1. The van der Waals surface area contributed by atoms with Gasteiger partial charge in [0.1, 0.15) is 23.7 Å². The highest BCUT2D eigenvalue weighted by Crippen LogP contribution is 2.44. The number of fused-ring (bicyclic) bond motifs is 3. The predicted octanol–water partition coefficient (Wildman–Crippen LogP) is 4.57. The van der Waals surface area contributed by atoms with Gasteiger partial charge >= 0.3 is 5.97 Å². The van der Waals surface area contributed by atoms with Gasteiger partial charge in [0.25, 0.3) is 0 Å². The molecule has 0 bridgehead atoms. The molecule has 0 aliphatic carbocycles. The molecule has 0 amide bonds. The number of ether oxygens (including phenoxy) is 1. The number of nitrogens with zero attached hydrogens (tertiary/aromatic N) is 3. The van der Waals surface area contributed by atoms with Crippen LogP contribution < -0.4 is 4.74 Å². The lowest BCUT2D eigenvalue weighted by molar-refractivity contribution is 0.0697. The summed E-state index contributed by atoms with van der Waals surface area (Å²) in [5, 5.41) is 17.4. The first kappa shape index (κ1) is 18.4. The van der Waals surface area contributed by atoms with Crippen molar-refractivity contribution in [1.82, 2.24) is 14.8 Å². The molecule has 1 N–H and O–H groups in total. The van der Waals surface area contributed by atoms with Crippen molar-refractivity contribution in [2.75, 3.05) is 6.61 Å². The predicted molar refractivity (Wildman–Crippen MR) is 106 cm³/mol. The number of hydrogen-bond donors (Lipinski definition) is 1. The summed E-state index contributed by atoms with van der Waals surface area (Å²) in [5.41, 5.74) is 1.97. The molecular formula is C21H13F2N3O3S. The van der Waals surface area contributed by atoms with Crippen molar-refractivity contribution < 1.29 is 23.4 Å². The Morgan fingerprint density at radius 3 is 2.83 bits per heavy atom. The third-order valence-electron chi connectivity index (χ3n) is 4.85. The van der Waals surface area contributed by atoms with Crippen LogP contribution >= 0.6 is 11.3 Å². The Bertz CT molecular complexity index is 1300. The third kappa shape index (κ3) is 3.03. The monoisotopic (exact) mass is 425 g/mol. The summed E-state index contributed by atoms with van der Waals surface area (Å²) in [6.45, 7) is 0.446. The van der Waals surface area contributed by atoms with Crippen molar-refractivity contribution in [3.05, 3.63) is 71.6 Å². The molecular weight excluding hydrogens is 412 g/mol. The summed E-state index contributed by atoms with van der Waals surface area (Å²) in [6, 6.07) is 9.99. The fourth-order valence-corrected chi connectivity index (χ4v) is 4.66. The molecule has 0 radical (unpaired) electrons. The highest BCUT2D eigenvalue weighted by atomic mass is 32.1. The van der Waals surface area contributed by atoms with E-state index in [0.29, 0.717) is 30.2 Å². The van der Waals surface area contributed by atoms with Crippen LogP contribution in [-0.2, 0) is 6.42 Å². The van der Waals surface area contributed by atoms with Gasteiger partial charge in [-0.25, -0.2) is 13.6 Å². The fourth-order valence-electron chi connectivity index (χ4n) is 3.45. The van der Waals surface area contributed by atoms with Gasteiger partial charge in [-0.15, -0.1) is 21.5 Å². The van der Waals surface area contributed by atoms with Crippen molar-refractivity contribution in [3.8, 4) is 32.6 Å². The highest BCUT2D eigenvalue weighted by molar-refractivity contribution is 7.19. The van der Waals surface area contributed by atoms with Gasteiger partial charge in [0, 0.05) is 22.9 Å². The molecule has 0 atom stereocenters. The first-order valence-corrected chi connectivity index (χ1v) is 9.82. The van der Waals surface area contributed by atoms with Crippen molar-refractivity contribution in [2.45, 2.75) is 6.42 Å². The van der Waals surface area contributed by atoms with Crippen LogP contribution in [0, 0.1) is 11.6 Å². The van der Waals surface area contributed by atoms with E-state index in [9.17, 15) is 18.7 Å². The topological polar surface area (TPSA) is 77.2 Å². The number of halogens is 2. The quantitative estimate of drug-likeness (QED) is 0.520. The molecule has 0 saturated heterocycles. The number of benzene rings is 2. The lowest BCUT2D eigenvalue weighted by atomic mass is 10.0. The van der Waals surface area contributed by atoms with Crippen LogP contribution in [-0.4, -0.2) is 32.4 Å². The normalized spacial score (nSPS) is 12.6. The molecule has 2 aromatic carbocycles. The Kier molecular flexibility index (Phi) is 4.32. The first-order valence-electron chi connectivity index (χ1n) is 9.00. The molecule has 0 saturated carbocycles. The average Bonchev–Trinajstić information content (AvgIpc) is 3.32. The average molecular weight is 425 g/mol. The Labute approximate surface area is 173 Å². The standard InChI is InChI=1S/C21H13F2N3O3S/c22-13-2-3-16(15(23)9-13)26-10-24-25-20(26)18-8-11-5-6-29-17-4-1-12(21(27)28)7-14(17)19(11)30-18/h1-4,7-10H,5-6H2,(H,27,28). The number of carbonyl (C=O) groups is 1. The van der Waals surface area contributed by atoms with E-state index in [1.54, 1.807) is 12.1 Å². The zero-order chi connectivity index (χ0) is 20.8. The van der Waals surface area contributed by atoms with E-state index in [0.717, 1.165) is 21.4 Å². The zero-order valence-corrected chi connectivity index (χ0v) is 16.1. The summed E-state index contributed by atoms with van der Waals surface area (Å²) >= 11 is 1.39. The van der Waals surface area contributed by atoms with Crippen LogP contribution in [0.4, 0.5) is 8.78 Å². The van der Waals surface area contributed by atoms with E-state index in [2.05, 4.69) is 10.2 Å². The molecule has 0 fully saturated rings. The maximum atomic E-state index is 14.3. The lowest BCUT2D eigenvalue weighted by Gasteiger charge is -2.08. The molecule has 1 aliphatic heterocycles. The molecule has 6 nitrogen and oxygen atoms in total. The first-order chi connectivity index (χ1) is 14.5. The Morgan fingerprint density at radius 2 is 2.03 bits per heavy atom.